The predicted molar refractivity (Wildman–Crippen MR) is 83.9 cm³/mol. The quantitative estimate of drug-likeness (QED) is 0.742. The third-order valence-corrected chi connectivity index (χ3v) is 4.89. The molecule has 4 nitrogen and oxygen atoms in total. The summed E-state index contributed by atoms with van der Waals surface area (Å²) in [6, 6.07) is 0.698. The highest BCUT2D eigenvalue weighted by Crippen LogP contribution is 2.38. The van der Waals surface area contributed by atoms with E-state index < -0.39 is 0 Å². The molecule has 0 aromatic heterocycles. The summed E-state index contributed by atoms with van der Waals surface area (Å²) in [5, 5.41) is 0. The summed E-state index contributed by atoms with van der Waals surface area (Å²) in [4.78, 5) is 2.47. The molecule has 0 bridgehead atoms. The van der Waals surface area contributed by atoms with Gasteiger partial charge in [0.05, 0.1) is 13.2 Å². The molecule has 1 fully saturated rings. The predicted octanol–water partition coefficient (Wildman–Crippen LogP) is 2.12. The average Bonchev–Trinajstić information content (AvgIpc) is 2.39. The molecule has 0 aromatic rings. The molecular formula is C16H34N2O2. The molecule has 20 heavy (non-hydrogen) atoms. The maximum atomic E-state index is 6.52. The van der Waals surface area contributed by atoms with Crippen LogP contribution in [0.2, 0.25) is 0 Å². The zero-order chi connectivity index (χ0) is 15.2. The smallest absolute Gasteiger partial charge is 0.0615 e. The molecule has 3 unspecified atom stereocenters. The Bertz CT molecular complexity index is 271. The number of hydrogen-bond donors (Lipinski definition) is 1. The Morgan fingerprint density at radius 3 is 2.60 bits per heavy atom. The first-order valence-electron chi connectivity index (χ1n) is 7.90. The number of hydrogen-bond acceptors (Lipinski definition) is 4. The highest BCUT2D eigenvalue weighted by molar-refractivity contribution is 4.92. The van der Waals surface area contributed by atoms with Crippen LogP contribution in [-0.4, -0.2) is 57.5 Å². The van der Waals surface area contributed by atoms with Gasteiger partial charge in [0.2, 0.25) is 0 Å². The Morgan fingerprint density at radius 2 is 2.00 bits per heavy atom. The molecule has 4 heteroatoms. The van der Waals surface area contributed by atoms with E-state index in [-0.39, 0.29) is 11.5 Å². The summed E-state index contributed by atoms with van der Waals surface area (Å²) in [6.45, 7) is 10.4. The molecule has 0 heterocycles. The van der Waals surface area contributed by atoms with Crippen molar-refractivity contribution in [3.63, 3.8) is 0 Å². The van der Waals surface area contributed by atoms with Crippen molar-refractivity contribution in [1.29, 1.82) is 0 Å². The minimum absolute atomic E-state index is 0.264. The van der Waals surface area contributed by atoms with Crippen LogP contribution in [0.1, 0.15) is 40.0 Å². The van der Waals surface area contributed by atoms with Crippen molar-refractivity contribution in [1.82, 2.24) is 4.90 Å². The lowest BCUT2D eigenvalue weighted by atomic mass is 9.68. The van der Waals surface area contributed by atoms with Gasteiger partial charge in [0.25, 0.3) is 0 Å². The van der Waals surface area contributed by atoms with E-state index in [0.717, 1.165) is 26.3 Å². The van der Waals surface area contributed by atoms with Gasteiger partial charge >= 0.3 is 0 Å². The minimum Gasteiger partial charge on any atom is -0.383 e. The van der Waals surface area contributed by atoms with Gasteiger partial charge in [-0.3, -0.25) is 4.90 Å². The maximum absolute atomic E-state index is 6.52. The normalized spacial score (nSPS) is 27.8. The molecule has 0 aromatic carbocycles. The second-order valence-corrected chi connectivity index (χ2v) is 6.96. The number of nitrogens with two attached hydrogens (primary N) is 1. The van der Waals surface area contributed by atoms with Gasteiger partial charge in [-0.05, 0) is 31.1 Å². The molecular weight excluding hydrogens is 252 g/mol. The Hall–Kier alpha value is -0.160. The molecule has 0 amide bonds. The molecule has 0 aliphatic heterocycles. The minimum atomic E-state index is 0.264. The summed E-state index contributed by atoms with van der Waals surface area (Å²) in [5.74, 6) is 0.579. The standard InChI is InChI=1S/C16H34N2O2/c1-13(12-20-5)18(9-10-19-4)11-14-7-6-8-16(2,3)15(14)17/h13-15H,6-12,17H2,1-5H3. The summed E-state index contributed by atoms with van der Waals surface area (Å²) < 4.78 is 10.6. The lowest BCUT2D eigenvalue weighted by molar-refractivity contribution is 0.0411. The van der Waals surface area contributed by atoms with E-state index in [1.165, 1.54) is 19.3 Å². The van der Waals surface area contributed by atoms with Crippen LogP contribution >= 0.6 is 0 Å². The van der Waals surface area contributed by atoms with Gasteiger partial charge in [-0.25, -0.2) is 0 Å². The Kier molecular flexibility index (Phi) is 7.45. The van der Waals surface area contributed by atoms with Gasteiger partial charge in [0.15, 0.2) is 0 Å². The van der Waals surface area contributed by atoms with Crippen molar-refractivity contribution in [2.75, 3.05) is 40.5 Å². The van der Waals surface area contributed by atoms with E-state index in [2.05, 4.69) is 25.7 Å². The molecule has 120 valence electrons. The van der Waals surface area contributed by atoms with Gasteiger partial charge in [0.1, 0.15) is 0 Å². The van der Waals surface area contributed by atoms with Crippen molar-refractivity contribution in [2.45, 2.75) is 52.1 Å². The average molecular weight is 286 g/mol. The Labute approximate surface area is 125 Å². The maximum Gasteiger partial charge on any atom is 0.0615 e. The molecule has 3 atom stereocenters. The van der Waals surface area contributed by atoms with Gasteiger partial charge in [-0.15, -0.1) is 0 Å². The molecule has 2 N–H and O–H groups in total. The van der Waals surface area contributed by atoms with Gasteiger partial charge in [-0.1, -0.05) is 20.3 Å². The highest BCUT2D eigenvalue weighted by Gasteiger charge is 2.37. The second kappa shape index (κ2) is 8.32. The number of nitrogens with zero attached hydrogens (tertiary/aromatic N) is 1. The van der Waals surface area contributed by atoms with E-state index in [4.69, 9.17) is 15.2 Å². The second-order valence-electron chi connectivity index (χ2n) is 6.96. The van der Waals surface area contributed by atoms with Crippen molar-refractivity contribution < 1.29 is 9.47 Å². The van der Waals surface area contributed by atoms with Gasteiger partial charge in [-0.2, -0.15) is 0 Å². The van der Waals surface area contributed by atoms with Gasteiger partial charge in [0, 0.05) is 39.4 Å². The highest BCUT2D eigenvalue weighted by atomic mass is 16.5. The van der Waals surface area contributed by atoms with Crippen LogP contribution in [0.4, 0.5) is 0 Å². The fourth-order valence-corrected chi connectivity index (χ4v) is 3.36. The monoisotopic (exact) mass is 286 g/mol. The number of rotatable bonds is 8. The summed E-state index contributed by atoms with van der Waals surface area (Å²) in [7, 11) is 3.52. The van der Waals surface area contributed by atoms with E-state index in [1.54, 1.807) is 14.2 Å². The molecule has 0 spiro atoms. The number of methoxy groups -OCH3 is 2. The molecule has 1 aliphatic carbocycles. The van der Waals surface area contributed by atoms with Crippen LogP contribution in [-0.2, 0) is 9.47 Å². The van der Waals surface area contributed by atoms with Crippen LogP contribution in [0.15, 0.2) is 0 Å². The van der Waals surface area contributed by atoms with Crippen LogP contribution in [0, 0.1) is 11.3 Å². The van der Waals surface area contributed by atoms with Crippen LogP contribution in [0.5, 0.6) is 0 Å². The summed E-state index contributed by atoms with van der Waals surface area (Å²) >= 11 is 0. The first-order valence-corrected chi connectivity index (χ1v) is 7.90. The SMILES string of the molecule is COCCN(CC1CCCC(C)(C)C1N)C(C)COC. The van der Waals surface area contributed by atoms with Crippen molar-refractivity contribution >= 4 is 0 Å². The Morgan fingerprint density at radius 1 is 1.30 bits per heavy atom. The fourth-order valence-electron chi connectivity index (χ4n) is 3.36. The molecule has 1 saturated carbocycles. The van der Waals surface area contributed by atoms with E-state index in [9.17, 15) is 0 Å². The zero-order valence-electron chi connectivity index (χ0n) is 14.0. The van der Waals surface area contributed by atoms with Crippen LogP contribution in [0.3, 0.4) is 0 Å². The summed E-state index contributed by atoms with van der Waals surface area (Å²) in [5.41, 5.74) is 6.78. The van der Waals surface area contributed by atoms with Crippen molar-refractivity contribution in [3.8, 4) is 0 Å². The first-order chi connectivity index (χ1) is 9.42. The van der Waals surface area contributed by atoms with Crippen LogP contribution < -0.4 is 5.73 Å². The van der Waals surface area contributed by atoms with E-state index in [1.807, 2.05) is 0 Å². The molecule has 1 aliphatic rings. The number of ether oxygens (including phenoxy) is 2. The molecule has 0 radical (unpaired) electrons. The van der Waals surface area contributed by atoms with Gasteiger partial charge < -0.3 is 15.2 Å². The molecule has 0 saturated heterocycles. The third kappa shape index (κ3) is 4.99. The zero-order valence-corrected chi connectivity index (χ0v) is 14.0. The molecule has 1 rings (SSSR count). The third-order valence-electron chi connectivity index (χ3n) is 4.89. The Balaban J connectivity index is 2.62. The van der Waals surface area contributed by atoms with Crippen LogP contribution in [0.25, 0.3) is 0 Å². The largest absolute Gasteiger partial charge is 0.383 e. The topological polar surface area (TPSA) is 47.7 Å². The van der Waals surface area contributed by atoms with E-state index in [0.29, 0.717) is 12.0 Å². The summed E-state index contributed by atoms with van der Waals surface area (Å²) in [6.07, 6.45) is 3.78. The lowest BCUT2D eigenvalue weighted by Gasteiger charge is -2.44. The van der Waals surface area contributed by atoms with Crippen molar-refractivity contribution in [2.24, 2.45) is 17.1 Å². The first kappa shape index (κ1) is 17.9. The lowest BCUT2D eigenvalue weighted by Crippen LogP contribution is -2.52. The fraction of sp³-hybridized carbons (Fsp3) is 1.00. The van der Waals surface area contributed by atoms with Crippen molar-refractivity contribution in [3.05, 3.63) is 0 Å². The van der Waals surface area contributed by atoms with E-state index >= 15 is 0 Å².